The van der Waals surface area contributed by atoms with Crippen LogP contribution in [0.5, 0.6) is 0 Å². The fourth-order valence-corrected chi connectivity index (χ4v) is 5.28. The van der Waals surface area contributed by atoms with Crippen LogP contribution in [0.1, 0.15) is 44.9 Å². The van der Waals surface area contributed by atoms with Crippen LogP contribution in [0.15, 0.2) is 0 Å². The standard InChI is InChI=1S/C13H21NO/c14-13(9-1-2-9)10-3-8-4-11(13)7-12(15,5-8)6-10/h8-11,15H,1-7,14H2. The van der Waals surface area contributed by atoms with Crippen molar-refractivity contribution in [3.05, 3.63) is 0 Å². The fourth-order valence-electron chi connectivity index (χ4n) is 5.28. The topological polar surface area (TPSA) is 46.2 Å². The largest absolute Gasteiger partial charge is 0.390 e. The van der Waals surface area contributed by atoms with Gasteiger partial charge in [-0.1, -0.05) is 0 Å². The molecule has 0 aromatic carbocycles. The molecule has 15 heavy (non-hydrogen) atoms. The summed E-state index contributed by atoms with van der Waals surface area (Å²) in [5.41, 5.74) is 6.56. The molecule has 4 bridgehead atoms. The van der Waals surface area contributed by atoms with Gasteiger partial charge in [0.1, 0.15) is 0 Å². The highest BCUT2D eigenvalue weighted by Gasteiger charge is 2.64. The van der Waals surface area contributed by atoms with Crippen LogP contribution in [0, 0.1) is 23.7 Å². The molecule has 2 heteroatoms. The van der Waals surface area contributed by atoms with Gasteiger partial charge in [0.15, 0.2) is 0 Å². The molecular formula is C13H21NO. The lowest BCUT2D eigenvalue weighted by Crippen LogP contribution is -2.68. The minimum absolute atomic E-state index is 0.128. The highest BCUT2D eigenvalue weighted by atomic mass is 16.3. The predicted molar refractivity (Wildman–Crippen MR) is 58.1 cm³/mol. The average Bonchev–Trinajstić information content (AvgIpc) is 2.94. The second-order valence-electron chi connectivity index (χ2n) is 6.84. The zero-order valence-corrected chi connectivity index (χ0v) is 9.28. The van der Waals surface area contributed by atoms with Crippen molar-refractivity contribution in [2.24, 2.45) is 29.4 Å². The van der Waals surface area contributed by atoms with Gasteiger partial charge in [-0.05, 0) is 68.6 Å². The molecule has 5 fully saturated rings. The van der Waals surface area contributed by atoms with Crippen LogP contribution in [0.25, 0.3) is 0 Å². The van der Waals surface area contributed by atoms with E-state index in [4.69, 9.17) is 5.73 Å². The minimum atomic E-state index is -0.311. The van der Waals surface area contributed by atoms with Crippen molar-refractivity contribution in [2.75, 3.05) is 0 Å². The van der Waals surface area contributed by atoms with E-state index in [2.05, 4.69) is 0 Å². The Kier molecular flexibility index (Phi) is 1.46. The first-order valence-electron chi connectivity index (χ1n) is 6.61. The van der Waals surface area contributed by atoms with E-state index in [1.54, 1.807) is 0 Å². The molecule has 5 aliphatic rings. The fraction of sp³-hybridized carbons (Fsp3) is 1.00. The summed E-state index contributed by atoms with van der Waals surface area (Å²) in [7, 11) is 0. The average molecular weight is 207 g/mol. The molecule has 0 saturated heterocycles. The van der Waals surface area contributed by atoms with Crippen LogP contribution in [0.4, 0.5) is 0 Å². The van der Waals surface area contributed by atoms with Crippen molar-refractivity contribution >= 4 is 0 Å². The summed E-state index contributed by atoms with van der Waals surface area (Å²) in [6.45, 7) is 0. The van der Waals surface area contributed by atoms with E-state index in [9.17, 15) is 5.11 Å². The molecule has 2 nitrogen and oxygen atoms in total. The highest BCUT2D eigenvalue weighted by molar-refractivity contribution is 5.18. The number of aliphatic hydroxyl groups is 1. The summed E-state index contributed by atoms with van der Waals surface area (Å²) in [5, 5.41) is 10.5. The first-order chi connectivity index (χ1) is 7.10. The van der Waals surface area contributed by atoms with Gasteiger partial charge >= 0.3 is 0 Å². The van der Waals surface area contributed by atoms with Crippen molar-refractivity contribution in [3.8, 4) is 0 Å². The second kappa shape index (κ2) is 2.43. The quantitative estimate of drug-likeness (QED) is 0.687. The zero-order valence-electron chi connectivity index (χ0n) is 9.28. The monoisotopic (exact) mass is 207 g/mol. The number of hydrogen-bond donors (Lipinski definition) is 2. The Labute approximate surface area is 91.2 Å². The Morgan fingerprint density at radius 2 is 1.53 bits per heavy atom. The number of rotatable bonds is 1. The van der Waals surface area contributed by atoms with Crippen LogP contribution < -0.4 is 5.73 Å². The minimum Gasteiger partial charge on any atom is -0.390 e. The molecule has 5 aliphatic carbocycles. The Morgan fingerprint density at radius 1 is 0.933 bits per heavy atom. The smallest absolute Gasteiger partial charge is 0.0657 e. The summed E-state index contributed by atoms with van der Waals surface area (Å²) < 4.78 is 0. The molecule has 0 aromatic heterocycles. The summed E-state index contributed by atoms with van der Waals surface area (Å²) in [6.07, 6.45) is 8.41. The molecule has 0 aromatic rings. The lowest BCUT2D eigenvalue weighted by atomic mass is 9.46. The van der Waals surface area contributed by atoms with Gasteiger partial charge in [-0.25, -0.2) is 0 Å². The molecule has 0 spiro atoms. The first-order valence-corrected chi connectivity index (χ1v) is 6.61. The molecule has 5 rings (SSSR count). The summed E-state index contributed by atoms with van der Waals surface area (Å²) >= 11 is 0. The van der Waals surface area contributed by atoms with Crippen LogP contribution in [-0.4, -0.2) is 16.2 Å². The van der Waals surface area contributed by atoms with E-state index in [0.29, 0.717) is 11.8 Å². The van der Waals surface area contributed by atoms with E-state index in [1.165, 1.54) is 25.7 Å². The lowest BCUT2D eigenvalue weighted by Gasteiger charge is -2.63. The molecule has 2 atom stereocenters. The third-order valence-electron chi connectivity index (χ3n) is 5.86. The van der Waals surface area contributed by atoms with Crippen LogP contribution >= 0.6 is 0 Å². The molecule has 3 N–H and O–H groups in total. The van der Waals surface area contributed by atoms with Crippen molar-refractivity contribution in [2.45, 2.75) is 56.1 Å². The van der Waals surface area contributed by atoms with Gasteiger partial charge in [-0.2, -0.15) is 0 Å². The van der Waals surface area contributed by atoms with Gasteiger partial charge in [-0.3, -0.25) is 0 Å². The zero-order chi connectivity index (χ0) is 10.3. The summed E-state index contributed by atoms with van der Waals surface area (Å²) in [5.74, 6) is 2.88. The van der Waals surface area contributed by atoms with Gasteiger partial charge in [0, 0.05) is 5.54 Å². The van der Waals surface area contributed by atoms with Crippen LogP contribution in [-0.2, 0) is 0 Å². The van der Waals surface area contributed by atoms with Gasteiger partial charge in [0.25, 0.3) is 0 Å². The molecule has 0 radical (unpaired) electrons. The summed E-state index contributed by atoms with van der Waals surface area (Å²) in [6, 6.07) is 0. The molecule has 84 valence electrons. The van der Waals surface area contributed by atoms with E-state index in [-0.39, 0.29) is 11.1 Å². The molecule has 5 saturated carbocycles. The maximum absolute atomic E-state index is 10.5. The van der Waals surface area contributed by atoms with Crippen molar-refractivity contribution in [3.63, 3.8) is 0 Å². The van der Waals surface area contributed by atoms with Gasteiger partial charge in [-0.15, -0.1) is 0 Å². The summed E-state index contributed by atoms with van der Waals surface area (Å²) in [4.78, 5) is 0. The third kappa shape index (κ3) is 1.03. The Hall–Kier alpha value is -0.0800. The molecule has 0 heterocycles. The maximum Gasteiger partial charge on any atom is 0.0657 e. The van der Waals surface area contributed by atoms with E-state index in [0.717, 1.165) is 31.1 Å². The van der Waals surface area contributed by atoms with Crippen molar-refractivity contribution in [1.82, 2.24) is 0 Å². The third-order valence-corrected chi connectivity index (χ3v) is 5.86. The number of nitrogens with two attached hydrogens (primary N) is 1. The first kappa shape index (κ1) is 9.00. The maximum atomic E-state index is 10.5. The Morgan fingerprint density at radius 3 is 2.00 bits per heavy atom. The van der Waals surface area contributed by atoms with Crippen molar-refractivity contribution < 1.29 is 5.11 Å². The Balaban J connectivity index is 1.74. The lowest BCUT2D eigenvalue weighted by molar-refractivity contribution is -0.165. The molecule has 0 amide bonds. The van der Waals surface area contributed by atoms with E-state index in [1.807, 2.05) is 0 Å². The van der Waals surface area contributed by atoms with E-state index < -0.39 is 0 Å². The normalized spacial score (nSPS) is 62.4. The van der Waals surface area contributed by atoms with Gasteiger partial charge < -0.3 is 10.8 Å². The van der Waals surface area contributed by atoms with Gasteiger partial charge in [0.05, 0.1) is 5.60 Å². The van der Waals surface area contributed by atoms with Gasteiger partial charge in [0.2, 0.25) is 0 Å². The van der Waals surface area contributed by atoms with Crippen LogP contribution in [0.2, 0.25) is 0 Å². The van der Waals surface area contributed by atoms with E-state index >= 15 is 0 Å². The molecule has 0 aliphatic heterocycles. The predicted octanol–water partition coefficient (Wildman–Crippen LogP) is 1.66. The Bertz CT molecular complexity index is 294. The molecular weight excluding hydrogens is 186 g/mol. The number of hydrogen-bond acceptors (Lipinski definition) is 2. The van der Waals surface area contributed by atoms with Crippen molar-refractivity contribution in [1.29, 1.82) is 0 Å². The SMILES string of the molecule is NC1(C2CC2)C2CC3CC1CC(O)(C3)C2. The highest BCUT2D eigenvalue weighted by Crippen LogP contribution is 2.64. The second-order valence-corrected chi connectivity index (χ2v) is 6.84. The molecule has 2 unspecified atom stereocenters. The van der Waals surface area contributed by atoms with Crippen LogP contribution in [0.3, 0.4) is 0 Å².